The van der Waals surface area contributed by atoms with Crippen molar-refractivity contribution in [1.82, 2.24) is 9.58 Å². The average molecular weight is 407 g/mol. The Morgan fingerprint density at radius 1 is 1.24 bits per heavy atom. The molecular weight excluding hydrogens is 386 g/mol. The number of hydrogen-bond donors (Lipinski definition) is 1. The number of nitrogens with zero attached hydrogens (tertiary/aromatic N) is 4. The first-order valence-electron chi connectivity index (χ1n) is 9.25. The molecule has 0 aliphatic carbocycles. The summed E-state index contributed by atoms with van der Waals surface area (Å²) in [5, 5.41) is 15.6. The molecule has 8 heteroatoms. The standard InChI is InChI=1S/C21H21N5O2S/c1-5-18-24-26-19(22)17(20(27)23-21(26)29-18)11-14-10-12(2)25(13(14)3)15-6-8-16(28-4)9-7-15/h6-11,22H,5H2,1-4H3. The van der Waals surface area contributed by atoms with E-state index in [2.05, 4.69) is 14.7 Å². The molecule has 29 heavy (non-hydrogen) atoms. The van der Waals surface area contributed by atoms with Crippen LogP contribution < -0.4 is 4.74 Å². The number of thioether (sulfide) groups is 1. The number of amidine groups is 2. The van der Waals surface area contributed by atoms with Crippen LogP contribution in [0.1, 0.15) is 30.3 Å². The number of methoxy groups -OCH3 is 1. The van der Waals surface area contributed by atoms with Gasteiger partial charge in [-0.05, 0) is 74.0 Å². The van der Waals surface area contributed by atoms with Crippen LogP contribution in [0.2, 0.25) is 0 Å². The number of rotatable bonds is 4. The molecule has 148 valence electrons. The average Bonchev–Trinajstić information content (AvgIpc) is 3.25. The summed E-state index contributed by atoms with van der Waals surface area (Å²) < 4.78 is 7.34. The molecule has 0 saturated heterocycles. The van der Waals surface area contributed by atoms with E-state index < -0.39 is 5.91 Å². The Morgan fingerprint density at radius 3 is 2.62 bits per heavy atom. The summed E-state index contributed by atoms with van der Waals surface area (Å²) in [4.78, 5) is 16.7. The molecule has 0 fully saturated rings. The van der Waals surface area contributed by atoms with Gasteiger partial charge < -0.3 is 9.30 Å². The number of aryl methyl sites for hydroxylation is 1. The number of hydrazone groups is 1. The third-order valence-corrected chi connectivity index (χ3v) is 5.95. The Balaban J connectivity index is 1.73. The molecule has 4 rings (SSSR count). The lowest BCUT2D eigenvalue weighted by molar-refractivity contribution is -0.114. The molecule has 0 unspecified atom stereocenters. The number of nitrogens with one attached hydrogen (secondary N) is 1. The molecule has 3 heterocycles. The molecule has 0 spiro atoms. The largest absolute Gasteiger partial charge is 0.497 e. The van der Waals surface area contributed by atoms with Crippen LogP contribution in [0.5, 0.6) is 5.75 Å². The minimum Gasteiger partial charge on any atom is -0.497 e. The number of hydrogen-bond acceptors (Lipinski definition) is 5. The normalized spacial score (nSPS) is 17.5. The van der Waals surface area contributed by atoms with Crippen LogP contribution in [0, 0.1) is 19.3 Å². The van der Waals surface area contributed by atoms with Gasteiger partial charge in [-0.25, -0.2) is 0 Å². The molecular formula is C21H21N5O2S. The number of ether oxygens (including phenoxy) is 1. The van der Waals surface area contributed by atoms with E-state index >= 15 is 0 Å². The summed E-state index contributed by atoms with van der Waals surface area (Å²) in [6.45, 7) is 5.99. The van der Waals surface area contributed by atoms with E-state index in [1.165, 1.54) is 16.8 Å². The minimum absolute atomic E-state index is 0.0604. The van der Waals surface area contributed by atoms with Crippen molar-refractivity contribution in [1.29, 1.82) is 5.41 Å². The Kier molecular flexibility index (Phi) is 4.87. The summed E-state index contributed by atoms with van der Waals surface area (Å²) in [6, 6.07) is 9.81. The van der Waals surface area contributed by atoms with Gasteiger partial charge in [-0.2, -0.15) is 15.1 Å². The topological polar surface area (TPSA) is 83.0 Å². The van der Waals surface area contributed by atoms with Crippen molar-refractivity contribution in [3.63, 3.8) is 0 Å². The van der Waals surface area contributed by atoms with Crippen molar-refractivity contribution in [2.75, 3.05) is 7.11 Å². The van der Waals surface area contributed by atoms with Crippen molar-refractivity contribution in [2.45, 2.75) is 27.2 Å². The van der Waals surface area contributed by atoms with E-state index in [9.17, 15) is 4.79 Å². The molecule has 2 aromatic rings. The van der Waals surface area contributed by atoms with E-state index in [0.29, 0.717) is 5.17 Å². The first-order valence-corrected chi connectivity index (χ1v) is 10.1. The van der Waals surface area contributed by atoms with Crippen molar-refractivity contribution in [3.05, 3.63) is 52.9 Å². The summed E-state index contributed by atoms with van der Waals surface area (Å²) in [5.41, 5.74) is 4.12. The van der Waals surface area contributed by atoms with Gasteiger partial charge in [-0.3, -0.25) is 10.2 Å². The van der Waals surface area contributed by atoms with E-state index in [0.717, 1.165) is 39.9 Å². The fourth-order valence-electron chi connectivity index (χ4n) is 3.39. The predicted octanol–water partition coefficient (Wildman–Crippen LogP) is 4.13. The molecule has 0 saturated carbocycles. The van der Waals surface area contributed by atoms with Crippen LogP contribution in [0.3, 0.4) is 0 Å². The monoisotopic (exact) mass is 407 g/mol. The highest BCUT2D eigenvalue weighted by Gasteiger charge is 2.35. The van der Waals surface area contributed by atoms with Crippen LogP contribution in [-0.4, -0.2) is 38.6 Å². The zero-order valence-corrected chi connectivity index (χ0v) is 17.5. The summed E-state index contributed by atoms with van der Waals surface area (Å²) in [6.07, 6.45) is 2.47. The number of amides is 1. The number of carbonyl (C=O) groups excluding carboxylic acids is 1. The summed E-state index contributed by atoms with van der Waals surface area (Å²) in [7, 11) is 1.64. The lowest BCUT2D eigenvalue weighted by atomic mass is 10.1. The maximum absolute atomic E-state index is 12.6. The van der Waals surface area contributed by atoms with E-state index in [1.54, 1.807) is 13.2 Å². The zero-order valence-electron chi connectivity index (χ0n) is 16.7. The van der Waals surface area contributed by atoms with Gasteiger partial charge in [0.05, 0.1) is 12.7 Å². The molecule has 0 radical (unpaired) electrons. The summed E-state index contributed by atoms with van der Waals surface area (Å²) in [5.74, 6) is 0.449. The lowest BCUT2D eigenvalue weighted by Crippen LogP contribution is -2.35. The Bertz CT molecular complexity index is 1110. The van der Waals surface area contributed by atoms with Crippen molar-refractivity contribution < 1.29 is 9.53 Å². The number of fused-ring (bicyclic) bond motifs is 1. The SMILES string of the molecule is CCC1=NN2C(=N)C(=Cc3cc(C)n(-c4ccc(OC)cc4)c3C)C(=O)N=C2S1. The number of benzene rings is 1. The fraction of sp³-hybridized carbons (Fsp3) is 0.238. The van der Waals surface area contributed by atoms with Crippen LogP contribution in [-0.2, 0) is 4.79 Å². The third-order valence-electron chi connectivity index (χ3n) is 4.90. The van der Waals surface area contributed by atoms with Crippen molar-refractivity contribution in [2.24, 2.45) is 10.1 Å². The Labute approximate surface area is 173 Å². The lowest BCUT2D eigenvalue weighted by Gasteiger charge is -2.20. The second-order valence-electron chi connectivity index (χ2n) is 6.73. The van der Waals surface area contributed by atoms with Gasteiger partial charge in [0.1, 0.15) is 10.8 Å². The zero-order chi connectivity index (χ0) is 20.7. The Morgan fingerprint density at radius 2 is 1.97 bits per heavy atom. The van der Waals surface area contributed by atoms with Gasteiger partial charge in [0.2, 0.25) is 5.17 Å². The van der Waals surface area contributed by atoms with Gasteiger partial charge in [-0.1, -0.05) is 6.92 Å². The fourth-order valence-corrected chi connectivity index (χ4v) is 4.22. The number of carbonyl (C=O) groups is 1. The van der Waals surface area contributed by atoms with E-state index in [1.807, 2.05) is 51.1 Å². The quantitative estimate of drug-likeness (QED) is 0.773. The summed E-state index contributed by atoms with van der Waals surface area (Å²) >= 11 is 1.34. The van der Waals surface area contributed by atoms with Gasteiger partial charge >= 0.3 is 0 Å². The minimum atomic E-state index is -0.407. The highest BCUT2D eigenvalue weighted by Crippen LogP contribution is 2.30. The molecule has 1 amide bonds. The van der Waals surface area contributed by atoms with Crippen LogP contribution in [0.25, 0.3) is 11.8 Å². The second-order valence-corrected chi connectivity index (χ2v) is 7.77. The molecule has 2 aliphatic heterocycles. The molecule has 1 aromatic carbocycles. The van der Waals surface area contributed by atoms with Gasteiger partial charge in [-0.15, -0.1) is 0 Å². The van der Waals surface area contributed by atoms with Crippen LogP contribution in [0.15, 0.2) is 46.0 Å². The maximum atomic E-state index is 12.6. The smallest absolute Gasteiger partial charge is 0.283 e. The van der Waals surface area contributed by atoms with Gasteiger partial charge in [0, 0.05) is 17.1 Å². The van der Waals surface area contributed by atoms with Gasteiger partial charge in [0.25, 0.3) is 5.91 Å². The highest BCUT2D eigenvalue weighted by atomic mass is 32.2. The number of aliphatic imine (C=N–C) groups is 1. The molecule has 1 aromatic heterocycles. The molecule has 0 bridgehead atoms. The molecule has 7 nitrogen and oxygen atoms in total. The predicted molar refractivity (Wildman–Crippen MR) is 117 cm³/mol. The first-order chi connectivity index (χ1) is 13.9. The molecule has 1 N–H and O–H groups in total. The highest BCUT2D eigenvalue weighted by molar-refractivity contribution is 8.26. The van der Waals surface area contributed by atoms with Crippen molar-refractivity contribution in [3.8, 4) is 11.4 Å². The Hall–Kier alpha value is -3.13. The van der Waals surface area contributed by atoms with Crippen LogP contribution in [0.4, 0.5) is 0 Å². The van der Waals surface area contributed by atoms with E-state index in [4.69, 9.17) is 10.1 Å². The molecule has 0 atom stereocenters. The maximum Gasteiger partial charge on any atom is 0.283 e. The second kappa shape index (κ2) is 7.36. The first kappa shape index (κ1) is 19.2. The third kappa shape index (κ3) is 3.29. The van der Waals surface area contributed by atoms with Crippen LogP contribution >= 0.6 is 11.8 Å². The van der Waals surface area contributed by atoms with Crippen molar-refractivity contribution >= 4 is 39.8 Å². The van der Waals surface area contributed by atoms with E-state index in [-0.39, 0.29) is 11.4 Å². The number of aromatic nitrogens is 1. The van der Waals surface area contributed by atoms with Gasteiger partial charge in [0.15, 0.2) is 5.84 Å². The molecule has 2 aliphatic rings.